The Bertz CT molecular complexity index is 284. The van der Waals surface area contributed by atoms with Gasteiger partial charge < -0.3 is 4.90 Å². The largest absolute Gasteiger partial charge is 0.342 e. The molecule has 1 saturated heterocycles. The summed E-state index contributed by atoms with van der Waals surface area (Å²) in [6, 6.07) is 0. The molecule has 0 N–H and O–H groups in total. The Kier molecular flexibility index (Phi) is 4.94. The highest BCUT2D eigenvalue weighted by Gasteiger charge is 2.42. The second kappa shape index (κ2) is 6.27. The Morgan fingerprint density at radius 1 is 1.33 bits per heavy atom. The quantitative estimate of drug-likeness (QED) is 0.712. The number of likely N-dealkylation sites (tertiary alicyclic amines) is 1. The number of hydrogen-bond donors (Lipinski definition) is 0. The Morgan fingerprint density at radius 2 is 2.06 bits per heavy atom. The zero-order valence-electron chi connectivity index (χ0n) is 11.6. The van der Waals surface area contributed by atoms with Crippen LogP contribution in [0.2, 0.25) is 0 Å². The maximum absolute atomic E-state index is 12.8. The minimum absolute atomic E-state index is 0.0111. The predicted octanol–water partition coefficient (Wildman–Crippen LogP) is 3.82. The number of carbonyl (C=O) groups excluding carboxylic acids is 1. The van der Waals surface area contributed by atoms with Crippen molar-refractivity contribution in [2.24, 2.45) is 11.3 Å². The van der Waals surface area contributed by atoms with Crippen molar-refractivity contribution in [1.29, 1.82) is 0 Å². The summed E-state index contributed by atoms with van der Waals surface area (Å²) in [5.41, 5.74) is -0.0111. The third-order valence-electron chi connectivity index (χ3n) is 5.01. The lowest BCUT2D eigenvalue weighted by atomic mass is 9.81. The lowest BCUT2D eigenvalue weighted by molar-refractivity contribution is -0.144. The fourth-order valence-corrected chi connectivity index (χ4v) is 4.05. The molecule has 1 unspecified atom stereocenters. The van der Waals surface area contributed by atoms with Gasteiger partial charge in [-0.25, -0.2) is 0 Å². The Labute approximate surface area is 116 Å². The van der Waals surface area contributed by atoms with Gasteiger partial charge in [-0.05, 0) is 44.4 Å². The van der Waals surface area contributed by atoms with Crippen LogP contribution >= 0.6 is 11.6 Å². The van der Waals surface area contributed by atoms with Crippen molar-refractivity contribution in [3.8, 4) is 0 Å². The Balaban J connectivity index is 1.99. The smallest absolute Gasteiger partial charge is 0.228 e. The number of piperidine rings is 1. The first-order valence-corrected chi connectivity index (χ1v) is 8.10. The van der Waals surface area contributed by atoms with Crippen LogP contribution in [-0.2, 0) is 4.79 Å². The lowest BCUT2D eigenvalue weighted by Gasteiger charge is -2.38. The van der Waals surface area contributed by atoms with E-state index in [1.54, 1.807) is 0 Å². The molecule has 0 aromatic carbocycles. The number of hydrogen-bond acceptors (Lipinski definition) is 1. The van der Waals surface area contributed by atoms with Crippen molar-refractivity contribution in [2.75, 3.05) is 19.0 Å². The molecule has 2 nitrogen and oxygen atoms in total. The molecule has 1 heterocycles. The standard InChI is InChI=1S/C15H26ClNO/c1-2-15(8-3-4-9-15)14(18)17-11-5-6-13(12-17)7-10-16/h13H,2-12H2,1H3. The van der Waals surface area contributed by atoms with Gasteiger partial charge >= 0.3 is 0 Å². The summed E-state index contributed by atoms with van der Waals surface area (Å²) in [7, 11) is 0. The first kappa shape index (κ1) is 14.2. The maximum Gasteiger partial charge on any atom is 0.228 e. The minimum Gasteiger partial charge on any atom is -0.342 e. The fourth-order valence-electron chi connectivity index (χ4n) is 3.75. The second-order valence-corrected chi connectivity index (χ2v) is 6.46. The molecule has 1 aliphatic carbocycles. The molecule has 104 valence electrons. The van der Waals surface area contributed by atoms with Crippen molar-refractivity contribution in [2.45, 2.75) is 58.3 Å². The van der Waals surface area contributed by atoms with Crippen molar-refractivity contribution in [1.82, 2.24) is 4.90 Å². The zero-order chi connectivity index (χ0) is 13.0. The molecule has 0 bridgehead atoms. The molecule has 18 heavy (non-hydrogen) atoms. The van der Waals surface area contributed by atoms with E-state index < -0.39 is 0 Å². The lowest BCUT2D eigenvalue weighted by Crippen LogP contribution is -2.47. The number of alkyl halides is 1. The van der Waals surface area contributed by atoms with E-state index >= 15 is 0 Å². The van der Waals surface area contributed by atoms with Crippen LogP contribution in [0.25, 0.3) is 0 Å². The van der Waals surface area contributed by atoms with Gasteiger partial charge in [-0.3, -0.25) is 4.79 Å². The van der Waals surface area contributed by atoms with Crippen molar-refractivity contribution >= 4 is 17.5 Å². The first-order valence-electron chi connectivity index (χ1n) is 7.57. The predicted molar refractivity (Wildman–Crippen MR) is 75.8 cm³/mol. The van der Waals surface area contributed by atoms with Crippen molar-refractivity contribution in [3.05, 3.63) is 0 Å². The van der Waals surface area contributed by atoms with E-state index in [2.05, 4.69) is 11.8 Å². The SMILES string of the molecule is CCC1(C(=O)N2CCCC(CCCl)C2)CCCC1. The van der Waals surface area contributed by atoms with Crippen molar-refractivity contribution < 1.29 is 4.79 Å². The number of halogens is 1. The van der Waals surface area contributed by atoms with E-state index in [-0.39, 0.29) is 5.41 Å². The van der Waals surface area contributed by atoms with E-state index in [0.29, 0.717) is 11.8 Å². The normalized spacial score (nSPS) is 27.4. The van der Waals surface area contributed by atoms with Crippen LogP contribution in [-0.4, -0.2) is 29.8 Å². The van der Waals surface area contributed by atoms with E-state index in [0.717, 1.165) is 51.1 Å². The maximum atomic E-state index is 12.8. The van der Waals surface area contributed by atoms with Gasteiger partial charge in [-0.1, -0.05) is 19.8 Å². The van der Waals surface area contributed by atoms with E-state index in [1.807, 2.05) is 0 Å². The molecular formula is C15H26ClNO. The van der Waals surface area contributed by atoms with Crippen LogP contribution in [0.1, 0.15) is 58.3 Å². The zero-order valence-corrected chi connectivity index (χ0v) is 12.3. The average Bonchev–Trinajstić information content (AvgIpc) is 2.88. The molecule has 2 aliphatic rings. The summed E-state index contributed by atoms with van der Waals surface area (Å²) in [6.07, 6.45) is 9.17. The van der Waals surface area contributed by atoms with Gasteiger partial charge in [0.25, 0.3) is 0 Å². The summed E-state index contributed by atoms with van der Waals surface area (Å²) in [5.74, 6) is 1.81. The van der Waals surface area contributed by atoms with Crippen LogP contribution in [0.15, 0.2) is 0 Å². The Morgan fingerprint density at radius 3 is 2.67 bits per heavy atom. The molecule has 2 rings (SSSR count). The van der Waals surface area contributed by atoms with Crippen molar-refractivity contribution in [3.63, 3.8) is 0 Å². The Hall–Kier alpha value is -0.240. The van der Waals surface area contributed by atoms with E-state index in [9.17, 15) is 4.79 Å². The van der Waals surface area contributed by atoms with Crippen LogP contribution in [0.5, 0.6) is 0 Å². The van der Waals surface area contributed by atoms with Crippen LogP contribution in [0, 0.1) is 11.3 Å². The highest BCUT2D eigenvalue weighted by Crippen LogP contribution is 2.43. The number of carbonyl (C=O) groups is 1. The van der Waals surface area contributed by atoms with Gasteiger partial charge in [0, 0.05) is 24.4 Å². The van der Waals surface area contributed by atoms with Crippen LogP contribution in [0.3, 0.4) is 0 Å². The summed E-state index contributed by atoms with van der Waals surface area (Å²) >= 11 is 5.84. The summed E-state index contributed by atoms with van der Waals surface area (Å²) in [5, 5.41) is 0. The first-order chi connectivity index (χ1) is 8.72. The molecule has 0 aromatic rings. The molecule has 3 heteroatoms. The second-order valence-electron chi connectivity index (χ2n) is 6.08. The highest BCUT2D eigenvalue weighted by atomic mass is 35.5. The molecule has 0 aromatic heterocycles. The number of amides is 1. The number of nitrogens with zero attached hydrogens (tertiary/aromatic N) is 1. The average molecular weight is 272 g/mol. The molecule has 2 fully saturated rings. The molecule has 1 saturated carbocycles. The van der Waals surface area contributed by atoms with Gasteiger partial charge in [0.15, 0.2) is 0 Å². The highest BCUT2D eigenvalue weighted by molar-refractivity contribution is 6.17. The third kappa shape index (κ3) is 2.84. The van der Waals surface area contributed by atoms with Gasteiger partial charge in [0.1, 0.15) is 0 Å². The van der Waals surface area contributed by atoms with Gasteiger partial charge in [0.05, 0.1) is 0 Å². The molecule has 1 aliphatic heterocycles. The number of rotatable bonds is 4. The van der Waals surface area contributed by atoms with Gasteiger partial charge in [-0.15, -0.1) is 11.6 Å². The van der Waals surface area contributed by atoms with Gasteiger partial charge in [0.2, 0.25) is 5.91 Å². The summed E-state index contributed by atoms with van der Waals surface area (Å²) < 4.78 is 0. The summed E-state index contributed by atoms with van der Waals surface area (Å²) in [6.45, 7) is 4.11. The van der Waals surface area contributed by atoms with Gasteiger partial charge in [-0.2, -0.15) is 0 Å². The van der Waals surface area contributed by atoms with Crippen LogP contribution in [0.4, 0.5) is 0 Å². The third-order valence-corrected chi connectivity index (χ3v) is 5.23. The fraction of sp³-hybridized carbons (Fsp3) is 0.933. The minimum atomic E-state index is -0.0111. The monoisotopic (exact) mass is 271 g/mol. The molecule has 0 spiro atoms. The molecular weight excluding hydrogens is 246 g/mol. The molecule has 1 atom stereocenters. The van der Waals surface area contributed by atoms with E-state index in [1.165, 1.54) is 19.3 Å². The molecule has 0 radical (unpaired) electrons. The topological polar surface area (TPSA) is 20.3 Å². The molecule has 1 amide bonds. The van der Waals surface area contributed by atoms with Crippen LogP contribution < -0.4 is 0 Å². The van der Waals surface area contributed by atoms with E-state index in [4.69, 9.17) is 11.6 Å². The summed E-state index contributed by atoms with van der Waals surface area (Å²) in [4.78, 5) is 14.9.